The molecular weight excluding hydrogens is 360 g/mol. The van der Waals surface area contributed by atoms with E-state index < -0.39 is 0 Å². The molecule has 0 saturated heterocycles. The van der Waals surface area contributed by atoms with E-state index in [1.807, 2.05) is 7.11 Å². The third-order valence-corrected chi connectivity index (χ3v) is 9.46. The second-order valence-corrected chi connectivity index (χ2v) is 11.6. The van der Waals surface area contributed by atoms with E-state index in [4.69, 9.17) is 14.2 Å². The molecule has 1 heterocycles. The Hall–Kier alpha value is -1.38. The summed E-state index contributed by atoms with van der Waals surface area (Å²) in [5.41, 5.74) is 5.00. The number of ether oxygens (including phenoxy) is 3. The highest BCUT2D eigenvalue weighted by molar-refractivity contribution is 5.69. The van der Waals surface area contributed by atoms with Crippen LogP contribution in [0.1, 0.15) is 96.3 Å². The Morgan fingerprint density at radius 1 is 0.966 bits per heavy atom. The van der Waals surface area contributed by atoms with E-state index in [0.717, 1.165) is 29.6 Å². The molecule has 5 rings (SSSR count). The van der Waals surface area contributed by atoms with Gasteiger partial charge in [-0.15, -0.1) is 0 Å². The summed E-state index contributed by atoms with van der Waals surface area (Å²) in [7, 11) is 1.84. The van der Waals surface area contributed by atoms with E-state index in [2.05, 4.69) is 41.5 Å². The average Bonchev–Trinajstić information content (AvgIpc) is 3.22. The lowest BCUT2D eigenvalue weighted by molar-refractivity contribution is -0.0985. The summed E-state index contributed by atoms with van der Waals surface area (Å²) in [5.74, 6) is 4.85. The molecule has 3 heteroatoms. The smallest absolute Gasteiger partial charge is 0.231 e. The summed E-state index contributed by atoms with van der Waals surface area (Å²) in [6.07, 6.45) is 7.77. The summed E-state index contributed by atoms with van der Waals surface area (Å²) in [6.45, 7) is 15.0. The van der Waals surface area contributed by atoms with Crippen LogP contribution in [0.2, 0.25) is 0 Å². The van der Waals surface area contributed by atoms with E-state index in [-0.39, 0.29) is 5.41 Å². The summed E-state index contributed by atoms with van der Waals surface area (Å²) in [6, 6.07) is 0. The fraction of sp³-hybridized carbons (Fsp3) is 0.769. The van der Waals surface area contributed by atoms with Crippen molar-refractivity contribution in [3.8, 4) is 17.2 Å². The van der Waals surface area contributed by atoms with Gasteiger partial charge in [0.05, 0.1) is 7.11 Å². The quantitative estimate of drug-likeness (QED) is 0.561. The molecule has 1 aromatic rings. The van der Waals surface area contributed by atoms with Gasteiger partial charge in [0.15, 0.2) is 11.5 Å². The monoisotopic (exact) mass is 398 g/mol. The van der Waals surface area contributed by atoms with Gasteiger partial charge in [-0.05, 0) is 60.7 Å². The average molecular weight is 399 g/mol. The fourth-order valence-corrected chi connectivity index (χ4v) is 8.35. The largest absolute Gasteiger partial charge is 0.496 e. The molecular formula is C26H38O3. The van der Waals surface area contributed by atoms with Gasteiger partial charge in [-0.25, -0.2) is 0 Å². The molecule has 4 aliphatic rings. The molecule has 29 heavy (non-hydrogen) atoms. The molecule has 0 spiro atoms. The molecule has 3 nitrogen and oxygen atoms in total. The van der Waals surface area contributed by atoms with Gasteiger partial charge in [0.25, 0.3) is 0 Å². The van der Waals surface area contributed by atoms with E-state index in [1.165, 1.54) is 48.8 Å². The van der Waals surface area contributed by atoms with Gasteiger partial charge in [0.1, 0.15) is 5.75 Å². The van der Waals surface area contributed by atoms with E-state index >= 15 is 0 Å². The zero-order valence-electron chi connectivity index (χ0n) is 19.4. The Balaban J connectivity index is 1.72. The number of methoxy groups -OCH3 is 1. The lowest BCUT2D eigenvalue weighted by atomic mass is 9.43. The van der Waals surface area contributed by atoms with Crippen LogP contribution in [-0.4, -0.2) is 13.9 Å². The normalized spacial score (nSPS) is 36.6. The summed E-state index contributed by atoms with van der Waals surface area (Å²) in [5, 5.41) is 0. The van der Waals surface area contributed by atoms with E-state index in [0.29, 0.717) is 29.5 Å². The lowest BCUT2D eigenvalue weighted by Crippen LogP contribution is -2.55. The van der Waals surface area contributed by atoms with Crippen molar-refractivity contribution in [2.24, 2.45) is 22.7 Å². The first-order valence-corrected chi connectivity index (χ1v) is 11.7. The van der Waals surface area contributed by atoms with Crippen LogP contribution in [0.15, 0.2) is 0 Å². The second-order valence-electron chi connectivity index (χ2n) is 11.6. The van der Waals surface area contributed by atoms with Crippen molar-refractivity contribution in [3.05, 3.63) is 16.7 Å². The van der Waals surface area contributed by atoms with Crippen molar-refractivity contribution in [2.75, 3.05) is 13.9 Å². The molecule has 0 amide bonds. The highest BCUT2D eigenvalue weighted by atomic mass is 16.7. The SMILES string of the molecule is COc1c2c(c3c(c1C(C)C)OCO3)[C@@]1(C)CC[C@@H]3C(C)(C)CCC[C@@]3(C)[C@H]1C2. The predicted molar refractivity (Wildman–Crippen MR) is 116 cm³/mol. The standard InChI is InChI=1S/C26H38O3/c1-15(2)19-21(27-7)16-13-18-25(5)11-8-10-24(3,4)17(25)9-12-26(18,6)20(16)23-22(19)28-14-29-23/h15,17-18H,8-14H2,1-7H3/t17-,18-,25-,26+/m1/s1. The first-order valence-electron chi connectivity index (χ1n) is 11.7. The van der Waals surface area contributed by atoms with Crippen LogP contribution in [0.4, 0.5) is 0 Å². The minimum atomic E-state index is 0.147. The van der Waals surface area contributed by atoms with Crippen LogP contribution in [0.25, 0.3) is 0 Å². The maximum atomic E-state index is 6.18. The van der Waals surface area contributed by atoms with Crippen LogP contribution in [0.3, 0.4) is 0 Å². The number of hydrogen-bond donors (Lipinski definition) is 0. The molecule has 0 bridgehead atoms. The van der Waals surface area contributed by atoms with Crippen LogP contribution < -0.4 is 14.2 Å². The molecule has 3 aliphatic carbocycles. The van der Waals surface area contributed by atoms with Crippen molar-refractivity contribution in [3.63, 3.8) is 0 Å². The predicted octanol–water partition coefficient (Wildman–Crippen LogP) is 6.60. The van der Waals surface area contributed by atoms with Gasteiger partial charge in [-0.3, -0.25) is 0 Å². The Labute approximate surface area is 176 Å². The number of rotatable bonds is 2. The van der Waals surface area contributed by atoms with Gasteiger partial charge in [-0.1, -0.05) is 48.0 Å². The van der Waals surface area contributed by atoms with Crippen molar-refractivity contribution in [1.82, 2.24) is 0 Å². The Bertz CT molecular complexity index is 854. The lowest BCUT2D eigenvalue weighted by Gasteiger charge is -2.61. The highest BCUT2D eigenvalue weighted by Crippen LogP contribution is 2.70. The first-order chi connectivity index (χ1) is 13.6. The Morgan fingerprint density at radius 3 is 2.38 bits per heavy atom. The first kappa shape index (κ1) is 19.6. The molecule has 2 saturated carbocycles. The molecule has 0 aromatic heterocycles. The minimum absolute atomic E-state index is 0.147. The molecule has 160 valence electrons. The van der Waals surface area contributed by atoms with Crippen molar-refractivity contribution < 1.29 is 14.2 Å². The highest BCUT2D eigenvalue weighted by Gasteiger charge is 2.62. The molecule has 1 aromatic carbocycles. The van der Waals surface area contributed by atoms with Gasteiger partial charge in [-0.2, -0.15) is 0 Å². The molecule has 0 unspecified atom stereocenters. The third-order valence-electron chi connectivity index (χ3n) is 9.46. The molecule has 1 aliphatic heterocycles. The number of fused-ring (bicyclic) bond motifs is 7. The van der Waals surface area contributed by atoms with Crippen LogP contribution >= 0.6 is 0 Å². The van der Waals surface area contributed by atoms with E-state index in [9.17, 15) is 0 Å². The van der Waals surface area contributed by atoms with Gasteiger partial charge < -0.3 is 14.2 Å². The molecule has 0 radical (unpaired) electrons. The molecule has 0 N–H and O–H groups in total. The number of benzene rings is 1. The summed E-state index contributed by atoms with van der Waals surface area (Å²) < 4.78 is 18.3. The van der Waals surface area contributed by atoms with Crippen molar-refractivity contribution in [1.29, 1.82) is 0 Å². The zero-order chi connectivity index (χ0) is 20.8. The van der Waals surface area contributed by atoms with Crippen molar-refractivity contribution >= 4 is 0 Å². The second kappa shape index (κ2) is 6.08. The Kier molecular flexibility index (Phi) is 4.10. The van der Waals surface area contributed by atoms with Crippen LogP contribution in [0.5, 0.6) is 17.2 Å². The van der Waals surface area contributed by atoms with Crippen molar-refractivity contribution in [2.45, 2.75) is 91.4 Å². The topological polar surface area (TPSA) is 27.7 Å². The summed E-state index contributed by atoms with van der Waals surface area (Å²) >= 11 is 0. The maximum Gasteiger partial charge on any atom is 0.231 e. The van der Waals surface area contributed by atoms with E-state index in [1.54, 1.807) is 0 Å². The van der Waals surface area contributed by atoms with Gasteiger partial charge in [0, 0.05) is 22.1 Å². The molecule has 4 atom stereocenters. The third kappa shape index (κ3) is 2.36. The fourth-order valence-electron chi connectivity index (χ4n) is 8.35. The van der Waals surface area contributed by atoms with Gasteiger partial charge >= 0.3 is 0 Å². The minimum Gasteiger partial charge on any atom is -0.496 e. The molecule has 2 fully saturated rings. The van der Waals surface area contributed by atoms with Crippen LogP contribution in [-0.2, 0) is 11.8 Å². The summed E-state index contributed by atoms with van der Waals surface area (Å²) in [4.78, 5) is 0. The maximum absolute atomic E-state index is 6.18. The number of hydrogen-bond acceptors (Lipinski definition) is 3. The Morgan fingerprint density at radius 2 is 1.69 bits per heavy atom. The van der Waals surface area contributed by atoms with Crippen LogP contribution in [0, 0.1) is 22.7 Å². The van der Waals surface area contributed by atoms with Gasteiger partial charge in [0.2, 0.25) is 6.79 Å². The zero-order valence-corrected chi connectivity index (χ0v) is 19.4.